The average Bonchev–Trinajstić information content (AvgIpc) is 2.69. The second-order valence-corrected chi connectivity index (χ2v) is 8.14. The summed E-state index contributed by atoms with van der Waals surface area (Å²) in [6, 6.07) is 10.6. The minimum absolute atomic E-state index is 0.0242. The molecule has 0 spiro atoms. The number of anilines is 1. The molecular weight excluding hydrogens is 324 g/mol. The van der Waals surface area contributed by atoms with Gasteiger partial charge in [0.05, 0.1) is 11.6 Å². The second kappa shape index (κ2) is 7.53. The van der Waals surface area contributed by atoms with E-state index in [9.17, 15) is 5.11 Å². The van der Waals surface area contributed by atoms with E-state index in [1.165, 1.54) is 23.9 Å². The first kappa shape index (κ1) is 17.7. The molecule has 4 rings (SSSR count). The summed E-state index contributed by atoms with van der Waals surface area (Å²) in [6.45, 7) is 5.21. The van der Waals surface area contributed by atoms with Gasteiger partial charge in [0.1, 0.15) is 0 Å². The van der Waals surface area contributed by atoms with Crippen LogP contribution in [0.5, 0.6) is 0 Å². The summed E-state index contributed by atoms with van der Waals surface area (Å²) in [5.74, 6) is 0. The fourth-order valence-corrected chi connectivity index (χ4v) is 4.65. The van der Waals surface area contributed by atoms with Crippen LogP contribution in [-0.2, 0) is 4.74 Å². The number of aliphatic hydroxyl groups excluding tert-OH is 1. The summed E-state index contributed by atoms with van der Waals surface area (Å²) < 4.78 is 5.96. The predicted octanol–water partition coefficient (Wildman–Crippen LogP) is 4.08. The molecule has 2 aliphatic heterocycles. The molecule has 140 valence electrons. The molecule has 2 aromatic rings. The summed E-state index contributed by atoms with van der Waals surface area (Å²) in [5, 5.41) is 11.4. The highest BCUT2D eigenvalue weighted by Crippen LogP contribution is 2.40. The highest BCUT2D eigenvalue weighted by Gasteiger charge is 2.37. The van der Waals surface area contributed by atoms with E-state index in [0.717, 1.165) is 56.6 Å². The number of hydrogen-bond acceptors (Lipinski definition) is 4. The van der Waals surface area contributed by atoms with Crippen LogP contribution in [0.15, 0.2) is 30.3 Å². The van der Waals surface area contributed by atoms with Gasteiger partial charge in [-0.2, -0.15) is 0 Å². The molecule has 1 N–H and O–H groups in total. The summed E-state index contributed by atoms with van der Waals surface area (Å²) in [7, 11) is 0. The van der Waals surface area contributed by atoms with E-state index in [2.05, 4.69) is 47.1 Å². The normalized spacial score (nSPS) is 23.3. The minimum Gasteiger partial charge on any atom is -0.396 e. The molecule has 0 amide bonds. The van der Waals surface area contributed by atoms with Gasteiger partial charge in [-0.25, -0.2) is 0 Å². The Morgan fingerprint density at radius 1 is 1.23 bits per heavy atom. The van der Waals surface area contributed by atoms with E-state index in [0.29, 0.717) is 6.10 Å². The van der Waals surface area contributed by atoms with E-state index in [1.807, 2.05) is 0 Å². The molecule has 4 heteroatoms. The summed E-state index contributed by atoms with van der Waals surface area (Å²) in [6.07, 6.45) is 7.00. The number of piperidine rings is 1. The average molecular weight is 354 g/mol. The number of rotatable bonds is 4. The van der Waals surface area contributed by atoms with Gasteiger partial charge in [-0.1, -0.05) is 18.2 Å². The lowest BCUT2D eigenvalue weighted by atomic mass is 9.74. The van der Waals surface area contributed by atoms with Crippen LogP contribution in [0.3, 0.4) is 0 Å². The molecule has 0 aliphatic carbocycles. The minimum atomic E-state index is 0.0242. The van der Waals surface area contributed by atoms with E-state index in [-0.39, 0.29) is 12.0 Å². The lowest BCUT2D eigenvalue weighted by molar-refractivity contribution is -0.0354. The highest BCUT2D eigenvalue weighted by molar-refractivity contribution is 5.92. The second-order valence-electron chi connectivity index (χ2n) is 8.14. The first-order valence-electron chi connectivity index (χ1n) is 10.0. The maximum absolute atomic E-state index is 10.2. The van der Waals surface area contributed by atoms with E-state index in [1.54, 1.807) is 0 Å². The van der Waals surface area contributed by atoms with Crippen molar-refractivity contribution in [1.82, 2.24) is 4.98 Å². The van der Waals surface area contributed by atoms with Crippen molar-refractivity contribution in [3.05, 3.63) is 36.0 Å². The van der Waals surface area contributed by atoms with Gasteiger partial charge in [-0.3, -0.25) is 4.98 Å². The van der Waals surface area contributed by atoms with Gasteiger partial charge in [-0.05, 0) is 63.0 Å². The Hall–Kier alpha value is -1.65. The number of nitrogens with zero attached hydrogens (tertiary/aromatic N) is 2. The number of benzene rings is 1. The quantitative estimate of drug-likeness (QED) is 0.898. The molecule has 3 heterocycles. The molecule has 4 nitrogen and oxygen atoms in total. The maximum Gasteiger partial charge on any atom is 0.0726 e. The van der Waals surface area contributed by atoms with Gasteiger partial charge in [0, 0.05) is 43.1 Å². The standard InChI is InChI=1S/C22H30N2O2/c1-17-14-21(19-7-2-3-8-20(19)23-17)24-11-9-22(16-25,10-12-24)15-18-6-4-5-13-26-18/h2-3,7-8,14,18,25H,4-6,9-13,15-16H2,1H3/t18-/m0/s1. The smallest absolute Gasteiger partial charge is 0.0726 e. The van der Waals surface area contributed by atoms with E-state index < -0.39 is 0 Å². The molecule has 2 fully saturated rings. The molecule has 2 aliphatic rings. The van der Waals surface area contributed by atoms with Crippen LogP contribution in [0.25, 0.3) is 10.9 Å². The Kier molecular flexibility index (Phi) is 5.14. The van der Waals surface area contributed by atoms with Crippen LogP contribution in [0.2, 0.25) is 0 Å². The Morgan fingerprint density at radius 3 is 2.77 bits per heavy atom. The van der Waals surface area contributed by atoms with Crippen LogP contribution in [0.1, 0.15) is 44.2 Å². The molecule has 1 aromatic carbocycles. The molecule has 0 unspecified atom stereocenters. The fraction of sp³-hybridized carbons (Fsp3) is 0.591. The number of para-hydroxylation sites is 1. The maximum atomic E-state index is 10.2. The van der Waals surface area contributed by atoms with Crippen molar-refractivity contribution in [1.29, 1.82) is 0 Å². The van der Waals surface area contributed by atoms with Crippen LogP contribution in [-0.4, -0.2) is 42.5 Å². The monoisotopic (exact) mass is 354 g/mol. The molecule has 0 saturated carbocycles. The molecule has 0 radical (unpaired) electrons. The Labute approximate surface area is 156 Å². The van der Waals surface area contributed by atoms with Gasteiger partial charge in [0.15, 0.2) is 0 Å². The number of aryl methyl sites for hydroxylation is 1. The Bertz CT molecular complexity index is 747. The van der Waals surface area contributed by atoms with Crippen LogP contribution in [0.4, 0.5) is 5.69 Å². The Morgan fingerprint density at radius 2 is 2.04 bits per heavy atom. The zero-order chi connectivity index (χ0) is 18.0. The molecule has 2 saturated heterocycles. The van der Waals surface area contributed by atoms with E-state index >= 15 is 0 Å². The zero-order valence-electron chi connectivity index (χ0n) is 15.8. The third kappa shape index (κ3) is 3.58. The van der Waals surface area contributed by atoms with Crippen molar-refractivity contribution in [2.24, 2.45) is 5.41 Å². The van der Waals surface area contributed by atoms with Crippen molar-refractivity contribution >= 4 is 16.6 Å². The molecule has 0 bridgehead atoms. The largest absolute Gasteiger partial charge is 0.396 e. The van der Waals surface area contributed by atoms with Crippen molar-refractivity contribution in [3.63, 3.8) is 0 Å². The third-order valence-corrected chi connectivity index (χ3v) is 6.26. The number of aromatic nitrogens is 1. The fourth-order valence-electron chi connectivity index (χ4n) is 4.65. The first-order valence-corrected chi connectivity index (χ1v) is 10.0. The van der Waals surface area contributed by atoms with Crippen LogP contribution in [0, 0.1) is 12.3 Å². The number of fused-ring (bicyclic) bond motifs is 1. The van der Waals surface area contributed by atoms with Gasteiger partial charge in [0.2, 0.25) is 0 Å². The summed E-state index contributed by atoms with van der Waals surface area (Å²) in [4.78, 5) is 7.15. The van der Waals surface area contributed by atoms with Gasteiger partial charge < -0.3 is 14.7 Å². The van der Waals surface area contributed by atoms with Crippen LogP contribution >= 0.6 is 0 Å². The molecule has 1 atom stereocenters. The molecular formula is C22H30N2O2. The SMILES string of the molecule is Cc1cc(N2CCC(CO)(C[C@@H]3CCCCO3)CC2)c2ccccc2n1. The predicted molar refractivity (Wildman–Crippen MR) is 106 cm³/mol. The lowest BCUT2D eigenvalue weighted by Gasteiger charge is -2.44. The summed E-state index contributed by atoms with van der Waals surface area (Å²) in [5.41, 5.74) is 3.44. The number of pyridine rings is 1. The summed E-state index contributed by atoms with van der Waals surface area (Å²) >= 11 is 0. The first-order chi connectivity index (χ1) is 12.7. The van der Waals surface area contributed by atoms with Gasteiger partial charge in [-0.15, -0.1) is 0 Å². The van der Waals surface area contributed by atoms with Crippen LogP contribution < -0.4 is 4.90 Å². The molecule has 26 heavy (non-hydrogen) atoms. The number of hydrogen-bond donors (Lipinski definition) is 1. The third-order valence-electron chi connectivity index (χ3n) is 6.26. The van der Waals surface area contributed by atoms with Gasteiger partial charge in [0.25, 0.3) is 0 Å². The Balaban J connectivity index is 1.51. The number of ether oxygens (including phenoxy) is 1. The van der Waals surface area contributed by atoms with Crippen molar-refractivity contribution in [3.8, 4) is 0 Å². The van der Waals surface area contributed by atoms with Crippen molar-refractivity contribution < 1.29 is 9.84 Å². The van der Waals surface area contributed by atoms with Gasteiger partial charge >= 0.3 is 0 Å². The van der Waals surface area contributed by atoms with Crippen molar-refractivity contribution in [2.45, 2.75) is 51.6 Å². The number of aliphatic hydroxyl groups is 1. The molecule has 1 aromatic heterocycles. The lowest BCUT2D eigenvalue weighted by Crippen LogP contribution is -2.44. The van der Waals surface area contributed by atoms with E-state index in [4.69, 9.17) is 4.74 Å². The van der Waals surface area contributed by atoms with Crippen molar-refractivity contribution in [2.75, 3.05) is 31.2 Å². The zero-order valence-corrected chi connectivity index (χ0v) is 15.8. The topological polar surface area (TPSA) is 45.6 Å². The highest BCUT2D eigenvalue weighted by atomic mass is 16.5.